The molecule has 0 aliphatic rings. The van der Waals surface area contributed by atoms with E-state index in [9.17, 15) is 0 Å². The van der Waals surface area contributed by atoms with Crippen molar-refractivity contribution in [3.8, 4) is 11.5 Å². The number of nitrogens with one attached hydrogen (secondary N) is 2. The van der Waals surface area contributed by atoms with Crippen LogP contribution in [0.25, 0.3) is 0 Å². The number of benzene rings is 1. The first-order valence-corrected chi connectivity index (χ1v) is 6.24. The first-order chi connectivity index (χ1) is 9.22. The molecule has 2 aromatic rings. The van der Waals surface area contributed by atoms with Crippen molar-refractivity contribution in [1.29, 1.82) is 0 Å². The van der Waals surface area contributed by atoms with E-state index in [1.807, 2.05) is 12.1 Å². The number of hydrazine groups is 1. The minimum absolute atomic E-state index is 0.337. The van der Waals surface area contributed by atoms with E-state index >= 15 is 0 Å². The van der Waals surface area contributed by atoms with Crippen LogP contribution in [0.1, 0.15) is 17.3 Å². The van der Waals surface area contributed by atoms with Crippen LogP contribution in [0.3, 0.4) is 0 Å². The Bertz CT molecular complexity index is 546. The van der Waals surface area contributed by atoms with Gasteiger partial charge in [0.05, 0.1) is 26.5 Å². The number of hydrogen-bond donors (Lipinski definition) is 3. The lowest BCUT2D eigenvalue weighted by atomic mass is 10.0. The van der Waals surface area contributed by atoms with E-state index in [-0.39, 0.29) is 6.04 Å². The van der Waals surface area contributed by atoms with Gasteiger partial charge in [0.15, 0.2) is 0 Å². The molecule has 7 nitrogen and oxygen atoms in total. The van der Waals surface area contributed by atoms with Gasteiger partial charge in [-0.1, -0.05) is 0 Å². The minimum atomic E-state index is -0.337. The topological polar surface area (TPSA) is 98.1 Å². The van der Waals surface area contributed by atoms with Crippen LogP contribution < -0.4 is 20.7 Å². The molecule has 1 aromatic carbocycles. The standard InChI is InChI=1S/C11H14BrN5O2/c1-18-8-4-3-6(11(19-2)9(8)12)10(15-13)7-5-14-17-16-7/h3-5,10,15H,13H2,1-2H3,(H,14,16,17). The maximum atomic E-state index is 5.61. The maximum absolute atomic E-state index is 5.61. The predicted molar refractivity (Wildman–Crippen MR) is 72.8 cm³/mol. The number of halogens is 1. The smallest absolute Gasteiger partial charge is 0.142 e. The second-order valence-corrected chi connectivity index (χ2v) is 4.49. The van der Waals surface area contributed by atoms with Crippen LogP contribution in [0.4, 0.5) is 0 Å². The Morgan fingerprint density at radius 3 is 2.68 bits per heavy atom. The van der Waals surface area contributed by atoms with Crippen LogP contribution in [0, 0.1) is 0 Å². The van der Waals surface area contributed by atoms with Crippen LogP contribution >= 0.6 is 15.9 Å². The van der Waals surface area contributed by atoms with Crippen LogP contribution in [0.5, 0.6) is 11.5 Å². The van der Waals surface area contributed by atoms with Gasteiger partial charge in [-0.3, -0.25) is 5.84 Å². The van der Waals surface area contributed by atoms with Crippen LogP contribution in [-0.4, -0.2) is 29.6 Å². The molecule has 0 bridgehead atoms. The van der Waals surface area contributed by atoms with Crippen molar-refractivity contribution in [1.82, 2.24) is 20.8 Å². The average molecular weight is 328 g/mol. The monoisotopic (exact) mass is 327 g/mol. The predicted octanol–water partition coefficient (Wildman–Crippen LogP) is 1.14. The second kappa shape index (κ2) is 6.00. The van der Waals surface area contributed by atoms with E-state index in [0.29, 0.717) is 17.2 Å². The van der Waals surface area contributed by atoms with Gasteiger partial charge in [-0.05, 0) is 28.1 Å². The number of rotatable bonds is 5. The number of aromatic nitrogens is 3. The van der Waals surface area contributed by atoms with Gasteiger partial charge in [0, 0.05) is 5.56 Å². The normalized spacial score (nSPS) is 12.2. The van der Waals surface area contributed by atoms with Crippen molar-refractivity contribution in [3.63, 3.8) is 0 Å². The maximum Gasteiger partial charge on any atom is 0.142 e. The number of aromatic amines is 1. The highest BCUT2D eigenvalue weighted by molar-refractivity contribution is 9.10. The Morgan fingerprint density at radius 2 is 2.16 bits per heavy atom. The zero-order valence-electron chi connectivity index (χ0n) is 10.5. The van der Waals surface area contributed by atoms with Crippen LogP contribution in [0.2, 0.25) is 0 Å². The third-order valence-corrected chi connectivity index (χ3v) is 3.47. The fourth-order valence-corrected chi connectivity index (χ4v) is 2.51. The van der Waals surface area contributed by atoms with E-state index in [1.165, 1.54) is 0 Å². The Balaban J connectivity index is 2.52. The molecule has 0 amide bonds. The highest BCUT2D eigenvalue weighted by Crippen LogP contribution is 2.40. The molecule has 0 aliphatic carbocycles. The van der Waals surface area contributed by atoms with Gasteiger partial charge < -0.3 is 9.47 Å². The van der Waals surface area contributed by atoms with Crippen molar-refractivity contribution in [3.05, 3.63) is 34.1 Å². The van der Waals surface area contributed by atoms with Crippen LogP contribution in [0.15, 0.2) is 22.8 Å². The zero-order chi connectivity index (χ0) is 13.8. The molecule has 0 aliphatic heterocycles. The molecule has 0 radical (unpaired) electrons. The first kappa shape index (κ1) is 13.8. The number of ether oxygens (including phenoxy) is 2. The van der Waals surface area contributed by atoms with E-state index in [0.717, 1.165) is 10.0 Å². The van der Waals surface area contributed by atoms with Gasteiger partial charge in [0.25, 0.3) is 0 Å². The van der Waals surface area contributed by atoms with Gasteiger partial charge in [0.2, 0.25) is 0 Å². The lowest BCUT2D eigenvalue weighted by molar-refractivity contribution is 0.382. The third-order valence-electron chi connectivity index (χ3n) is 2.72. The number of methoxy groups -OCH3 is 2. The number of nitrogens with zero attached hydrogens (tertiary/aromatic N) is 2. The summed E-state index contributed by atoms with van der Waals surface area (Å²) in [5, 5.41) is 10.4. The summed E-state index contributed by atoms with van der Waals surface area (Å²) in [5.41, 5.74) is 4.19. The van der Waals surface area contributed by atoms with Crippen molar-refractivity contribution in [2.24, 2.45) is 5.84 Å². The quantitative estimate of drug-likeness (QED) is 0.562. The van der Waals surface area contributed by atoms with Gasteiger partial charge in [-0.25, -0.2) is 5.43 Å². The summed E-state index contributed by atoms with van der Waals surface area (Å²) >= 11 is 3.45. The van der Waals surface area contributed by atoms with Gasteiger partial charge in [-0.2, -0.15) is 15.4 Å². The second-order valence-electron chi connectivity index (χ2n) is 3.70. The van der Waals surface area contributed by atoms with E-state index in [1.54, 1.807) is 20.4 Å². The lowest BCUT2D eigenvalue weighted by Gasteiger charge is -2.19. The summed E-state index contributed by atoms with van der Waals surface area (Å²) in [6, 6.07) is 3.35. The minimum Gasteiger partial charge on any atom is -0.495 e. The average Bonchev–Trinajstić information content (AvgIpc) is 2.94. The molecule has 0 saturated carbocycles. The lowest BCUT2D eigenvalue weighted by Crippen LogP contribution is -2.29. The molecule has 1 unspecified atom stereocenters. The fraction of sp³-hybridized carbons (Fsp3) is 0.273. The molecule has 0 saturated heterocycles. The van der Waals surface area contributed by atoms with Gasteiger partial charge in [0.1, 0.15) is 21.7 Å². The first-order valence-electron chi connectivity index (χ1n) is 5.45. The molecule has 2 rings (SSSR count). The molecule has 19 heavy (non-hydrogen) atoms. The molecule has 0 fully saturated rings. The largest absolute Gasteiger partial charge is 0.495 e. The molecular formula is C11H14BrN5O2. The summed E-state index contributed by atoms with van der Waals surface area (Å²) < 4.78 is 11.4. The zero-order valence-corrected chi connectivity index (χ0v) is 12.1. The van der Waals surface area contributed by atoms with Crippen molar-refractivity contribution in [2.75, 3.05) is 14.2 Å². The van der Waals surface area contributed by atoms with E-state index < -0.39 is 0 Å². The third kappa shape index (κ3) is 2.55. The number of H-pyrrole nitrogens is 1. The van der Waals surface area contributed by atoms with Gasteiger partial charge in [-0.15, -0.1) is 0 Å². The Morgan fingerprint density at radius 1 is 1.37 bits per heavy atom. The van der Waals surface area contributed by atoms with Gasteiger partial charge >= 0.3 is 0 Å². The summed E-state index contributed by atoms with van der Waals surface area (Å²) in [7, 11) is 3.18. The van der Waals surface area contributed by atoms with E-state index in [4.69, 9.17) is 15.3 Å². The highest BCUT2D eigenvalue weighted by Gasteiger charge is 2.22. The molecule has 8 heteroatoms. The highest BCUT2D eigenvalue weighted by atomic mass is 79.9. The molecule has 1 heterocycles. The van der Waals surface area contributed by atoms with Crippen LogP contribution in [-0.2, 0) is 0 Å². The van der Waals surface area contributed by atoms with Crippen molar-refractivity contribution >= 4 is 15.9 Å². The Labute approximate surface area is 118 Å². The fourth-order valence-electron chi connectivity index (χ4n) is 1.83. The SMILES string of the molecule is COc1ccc(C(NN)c2cn[nH]n2)c(OC)c1Br. The molecule has 0 spiro atoms. The number of nitrogens with two attached hydrogens (primary N) is 1. The van der Waals surface area contributed by atoms with Crippen molar-refractivity contribution < 1.29 is 9.47 Å². The Hall–Kier alpha value is -1.64. The summed E-state index contributed by atoms with van der Waals surface area (Å²) in [6.45, 7) is 0. The molecule has 1 atom stereocenters. The molecule has 4 N–H and O–H groups in total. The molecular weight excluding hydrogens is 314 g/mol. The summed E-state index contributed by atoms with van der Waals surface area (Å²) in [5.74, 6) is 6.91. The summed E-state index contributed by atoms with van der Waals surface area (Å²) in [4.78, 5) is 0. The van der Waals surface area contributed by atoms with E-state index in [2.05, 4.69) is 36.8 Å². The summed E-state index contributed by atoms with van der Waals surface area (Å²) in [6.07, 6.45) is 1.60. The van der Waals surface area contributed by atoms with Crippen molar-refractivity contribution in [2.45, 2.75) is 6.04 Å². The molecule has 1 aromatic heterocycles. The number of hydrogen-bond acceptors (Lipinski definition) is 6. The Kier molecular flexibility index (Phi) is 4.35. The molecule has 102 valence electrons.